The van der Waals surface area contributed by atoms with Gasteiger partial charge in [-0.05, 0) is 37.0 Å². The van der Waals surface area contributed by atoms with Gasteiger partial charge in [0.05, 0.1) is 22.0 Å². The zero-order valence-corrected chi connectivity index (χ0v) is 15.2. The molecule has 1 aliphatic rings. The highest BCUT2D eigenvalue weighted by Gasteiger charge is 2.16. The Morgan fingerprint density at radius 3 is 2.67 bits per heavy atom. The normalized spacial score (nSPS) is 13.7. The van der Waals surface area contributed by atoms with Crippen molar-refractivity contribution in [1.29, 1.82) is 0 Å². The highest BCUT2D eigenvalue weighted by atomic mass is 32.2. The smallest absolute Gasteiger partial charge is 0.224 e. The van der Waals surface area contributed by atoms with Crippen LogP contribution in [0.5, 0.6) is 0 Å². The van der Waals surface area contributed by atoms with Gasteiger partial charge in [0, 0.05) is 24.1 Å². The van der Waals surface area contributed by atoms with E-state index in [0.29, 0.717) is 6.54 Å². The van der Waals surface area contributed by atoms with Crippen molar-refractivity contribution in [3.63, 3.8) is 0 Å². The van der Waals surface area contributed by atoms with Crippen LogP contribution < -0.4 is 5.32 Å². The number of aromatic nitrogens is 1. The summed E-state index contributed by atoms with van der Waals surface area (Å²) in [5.74, 6) is -0.0637. The molecule has 1 aliphatic carbocycles. The summed E-state index contributed by atoms with van der Waals surface area (Å²) in [6.45, 7) is 0.576. The van der Waals surface area contributed by atoms with Crippen molar-refractivity contribution in [2.24, 2.45) is 0 Å². The molecule has 0 spiro atoms. The van der Waals surface area contributed by atoms with E-state index in [-0.39, 0.29) is 17.2 Å². The molecule has 0 bridgehead atoms. The molecule has 0 unspecified atom stereocenters. The first-order valence-corrected chi connectivity index (χ1v) is 10.7. The van der Waals surface area contributed by atoms with Gasteiger partial charge >= 0.3 is 0 Å². The van der Waals surface area contributed by atoms with Gasteiger partial charge in [0.2, 0.25) is 5.91 Å². The van der Waals surface area contributed by atoms with E-state index in [0.717, 1.165) is 29.8 Å². The highest BCUT2D eigenvalue weighted by molar-refractivity contribution is 7.90. The molecule has 0 fully saturated rings. The number of nitrogens with one attached hydrogen (secondary N) is 1. The molecule has 0 saturated carbocycles. The number of hydrogen-bond donors (Lipinski definition) is 1. The maximum Gasteiger partial charge on any atom is 0.224 e. The number of sulfone groups is 1. The Morgan fingerprint density at radius 2 is 2.00 bits per heavy atom. The standard InChI is InChI=1S/C17H20N2O3S2/c1-24(21,22)13-7-5-12(6-8-13)11-16(20)18-10-9-17-19-14-3-2-4-15(14)23-17/h5-8H,2-4,9-11H2,1H3,(H,18,20). The summed E-state index contributed by atoms with van der Waals surface area (Å²) >= 11 is 1.76. The van der Waals surface area contributed by atoms with Crippen molar-refractivity contribution in [2.45, 2.75) is 37.0 Å². The number of aryl methyl sites for hydroxylation is 2. The van der Waals surface area contributed by atoms with E-state index < -0.39 is 9.84 Å². The predicted octanol–water partition coefficient (Wildman–Crippen LogP) is 1.94. The van der Waals surface area contributed by atoms with Crippen LogP contribution in [0.25, 0.3) is 0 Å². The lowest BCUT2D eigenvalue weighted by Gasteiger charge is -2.05. The summed E-state index contributed by atoms with van der Waals surface area (Å²) in [5, 5.41) is 3.99. The second-order valence-electron chi connectivity index (χ2n) is 6.02. The fourth-order valence-electron chi connectivity index (χ4n) is 2.76. The van der Waals surface area contributed by atoms with E-state index in [1.54, 1.807) is 23.5 Å². The number of fused-ring (bicyclic) bond motifs is 1. The van der Waals surface area contributed by atoms with E-state index >= 15 is 0 Å². The Balaban J connectivity index is 1.47. The largest absolute Gasteiger partial charge is 0.355 e. The fraction of sp³-hybridized carbons (Fsp3) is 0.412. The lowest BCUT2D eigenvalue weighted by Crippen LogP contribution is -2.27. The maximum atomic E-state index is 12.0. The van der Waals surface area contributed by atoms with E-state index in [2.05, 4.69) is 10.3 Å². The van der Waals surface area contributed by atoms with Gasteiger partial charge in [-0.1, -0.05) is 12.1 Å². The zero-order valence-electron chi connectivity index (χ0n) is 13.5. The summed E-state index contributed by atoms with van der Waals surface area (Å²) in [6, 6.07) is 6.44. The van der Waals surface area contributed by atoms with Crippen molar-refractivity contribution >= 4 is 27.1 Å². The molecule has 0 atom stereocenters. The Kier molecular flexibility index (Phi) is 5.01. The Labute approximate surface area is 146 Å². The summed E-state index contributed by atoms with van der Waals surface area (Å²) in [6.07, 6.45) is 5.62. The molecule has 1 amide bonds. The highest BCUT2D eigenvalue weighted by Crippen LogP contribution is 2.27. The van der Waals surface area contributed by atoms with Crippen molar-refractivity contribution < 1.29 is 13.2 Å². The molecule has 0 saturated heterocycles. The lowest BCUT2D eigenvalue weighted by molar-refractivity contribution is -0.120. The van der Waals surface area contributed by atoms with Crippen LogP contribution in [0.2, 0.25) is 0 Å². The third kappa shape index (κ3) is 4.21. The molecular weight excluding hydrogens is 344 g/mol. The molecule has 24 heavy (non-hydrogen) atoms. The zero-order chi connectivity index (χ0) is 17.2. The molecule has 128 valence electrons. The number of carbonyl (C=O) groups excluding carboxylic acids is 1. The average molecular weight is 364 g/mol. The van der Waals surface area contributed by atoms with Gasteiger partial charge in [-0.3, -0.25) is 4.79 Å². The number of benzene rings is 1. The van der Waals surface area contributed by atoms with Crippen LogP contribution in [-0.2, 0) is 40.3 Å². The number of hydrogen-bond acceptors (Lipinski definition) is 5. The Hall–Kier alpha value is -1.73. The lowest BCUT2D eigenvalue weighted by atomic mass is 10.1. The fourth-order valence-corrected chi connectivity index (χ4v) is 4.55. The summed E-state index contributed by atoms with van der Waals surface area (Å²) < 4.78 is 22.8. The molecule has 5 nitrogen and oxygen atoms in total. The minimum absolute atomic E-state index is 0.0637. The first kappa shape index (κ1) is 17.1. The van der Waals surface area contributed by atoms with Crippen molar-refractivity contribution in [1.82, 2.24) is 10.3 Å². The van der Waals surface area contributed by atoms with E-state index in [4.69, 9.17) is 0 Å². The molecule has 7 heteroatoms. The Morgan fingerprint density at radius 1 is 1.25 bits per heavy atom. The molecule has 2 aromatic rings. The maximum absolute atomic E-state index is 12.0. The molecular formula is C17H20N2O3S2. The second-order valence-corrected chi connectivity index (χ2v) is 9.21. The summed E-state index contributed by atoms with van der Waals surface area (Å²) in [4.78, 5) is 18.3. The van der Waals surface area contributed by atoms with Crippen LogP contribution >= 0.6 is 11.3 Å². The monoisotopic (exact) mass is 364 g/mol. The predicted molar refractivity (Wildman–Crippen MR) is 94.1 cm³/mol. The first-order chi connectivity index (χ1) is 11.4. The van der Waals surface area contributed by atoms with Crippen LogP contribution in [-0.4, -0.2) is 32.1 Å². The van der Waals surface area contributed by atoms with Crippen LogP contribution in [0.4, 0.5) is 0 Å². The van der Waals surface area contributed by atoms with Gasteiger partial charge in [-0.15, -0.1) is 11.3 Å². The minimum Gasteiger partial charge on any atom is -0.355 e. The average Bonchev–Trinajstić information content (AvgIpc) is 3.08. The van der Waals surface area contributed by atoms with Gasteiger partial charge in [0.1, 0.15) is 0 Å². The summed E-state index contributed by atoms with van der Waals surface area (Å²) in [5.41, 5.74) is 2.04. The SMILES string of the molecule is CS(=O)(=O)c1ccc(CC(=O)NCCc2nc3c(s2)CCC3)cc1. The number of nitrogens with zero attached hydrogens (tertiary/aromatic N) is 1. The van der Waals surface area contributed by atoms with Crippen molar-refractivity contribution in [2.75, 3.05) is 12.8 Å². The van der Waals surface area contributed by atoms with E-state index in [9.17, 15) is 13.2 Å². The van der Waals surface area contributed by atoms with Gasteiger partial charge in [0.15, 0.2) is 9.84 Å². The number of amides is 1. The molecule has 1 aromatic carbocycles. The third-order valence-electron chi connectivity index (χ3n) is 4.02. The molecule has 3 rings (SSSR count). The van der Waals surface area contributed by atoms with Gasteiger partial charge in [0.25, 0.3) is 0 Å². The van der Waals surface area contributed by atoms with Gasteiger partial charge in [-0.2, -0.15) is 0 Å². The molecule has 1 heterocycles. The molecule has 0 radical (unpaired) electrons. The molecule has 1 aromatic heterocycles. The number of rotatable bonds is 6. The van der Waals surface area contributed by atoms with E-state index in [1.807, 2.05) is 0 Å². The van der Waals surface area contributed by atoms with Crippen LogP contribution in [0.15, 0.2) is 29.2 Å². The quantitative estimate of drug-likeness (QED) is 0.850. The molecule has 1 N–H and O–H groups in total. The minimum atomic E-state index is -3.20. The van der Waals surface area contributed by atoms with E-state index in [1.165, 1.54) is 35.4 Å². The van der Waals surface area contributed by atoms with Crippen LogP contribution in [0.3, 0.4) is 0 Å². The Bertz CT molecular complexity index is 818. The van der Waals surface area contributed by atoms with Crippen molar-refractivity contribution in [3.05, 3.63) is 45.4 Å². The topological polar surface area (TPSA) is 76.1 Å². The van der Waals surface area contributed by atoms with Crippen LogP contribution in [0, 0.1) is 0 Å². The van der Waals surface area contributed by atoms with Gasteiger partial charge < -0.3 is 5.32 Å². The third-order valence-corrected chi connectivity index (χ3v) is 6.36. The summed E-state index contributed by atoms with van der Waals surface area (Å²) in [7, 11) is -3.20. The number of carbonyl (C=O) groups is 1. The molecule has 0 aliphatic heterocycles. The number of thiazole rings is 1. The van der Waals surface area contributed by atoms with Crippen molar-refractivity contribution in [3.8, 4) is 0 Å². The van der Waals surface area contributed by atoms with Crippen LogP contribution in [0.1, 0.15) is 27.6 Å². The first-order valence-electron chi connectivity index (χ1n) is 7.95. The second kappa shape index (κ2) is 7.03. The van der Waals surface area contributed by atoms with Gasteiger partial charge in [-0.25, -0.2) is 13.4 Å².